The number of carbonyl (C=O) groups is 2. The maximum absolute atomic E-state index is 12.8. The molecular weight excluding hydrogens is 761 g/mol. The zero-order valence-corrected chi connectivity index (χ0v) is 38.5. The Labute approximate surface area is 366 Å². The molecule has 60 heavy (non-hydrogen) atoms. The van der Waals surface area contributed by atoms with Crippen molar-refractivity contribution in [2.24, 2.45) is 0 Å². The minimum atomic E-state index is -1.59. The van der Waals surface area contributed by atoms with Crippen LogP contribution >= 0.6 is 0 Å². The lowest BCUT2D eigenvalue weighted by Crippen LogP contribution is -2.59. The SMILES string of the molecule is CCCCCCC/C=C/CCCCCCCC(=O)OC[C@H](CO[C@@H]1O[C@H](CO)[C@H](O)C(O)C1O)OC(=O)CCCCCCCCCCCCC/C=C/CCCCCCCC. The summed E-state index contributed by atoms with van der Waals surface area (Å²) in [5.41, 5.74) is 0. The summed E-state index contributed by atoms with van der Waals surface area (Å²) < 4.78 is 22.2. The first-order valence-electron chi connectivity index (χ1n) is 24.9. The molecule has 0 aromatic carbocycles. The molecule has 10 nitrogen and oxygen atoms in total. The molecule has 6 atom stereocenters. The smallest absolute Gasteiger partial charge is 0.306 e. The van der Waals surface area contributed by atoms with Gasteiger partial charge in [-0.2, -0.15) is 0 Å². The molecule has 0 radical (unpaired) electrons. The summed E-state index contributed by atoms with van der Waals surface area (Å²) in [5, 5.41) is 40.1. The molecule has 10 heteroatoms. The van der Waals surface area contributed by atoms with E-state index in [0.29, 0.717) is 6.42 Å². The van der Waals surface area contributed by atoms with E-state index in [4.69, 9.17) is 18.9 Å². The van der Waals surface area contributed by atoms with E-state index in [1.807, 2.05) is 0 Å². The van der Waals surface area contributed by atoms with Crippen LogP contribution in [0.1, 0.15) is 226 Å². The molecular formula is C50H92O10. The maximum Gasteiger partial charge on any atom is 0.306 e. The molecule has 0 spiro atoms. The van der Waals surface area contributed by atoms with Crippen molar-refractivity contribution in [1.29, 1.82) is 0 Å². The van der Waals surface area contributed by atoms with Gasteiger partial charge in [0.25, 0.3) is 0 Å². The minimum Gasteiger partial charge on any atom is -0.462 e. The monoisotopic (exact) mass is 853 g/mol. The van der Waals surface area contributed by atoms with Gasteiger partial charge in [0.15, 0.2) is 12.4 Å². The van der Waals surface area contributed by atoms with Crippen molar-refractivity contribution in [3.63, 3.8) is 0 Å². The van der Waals surface area contributed by atoms with E-state index in [1.165, 1.54) is 135 Å². The van der Waals surface area contributed by atoms with Gasteiger partial charge >= 0.3 is 11.9 Å². The highest BCUT2D eigenvalue weighted by atomic mass is 16.7. The first-order valence-corrected chi connectivity index (χ1v) is 24.9. The fraction of sp³-hybridized carbons (Fsp3) is 0.880. The molecule has 0 aromatic rings. The maximum atomic E-state index is 12.8. The van der Waals surface area contributed by atoms with Crippen LogP contribution in [0.25, 0.3) is 0 Å². The highest BCUT2D eigenvalue weighted by molar-refractivity contribution is 5.70. The zero-order valence-electron chi connectivity index (χ0n) is 38.5. The summed E-state index contributed by atoms with van der Waals surface area (Å²) in [4.78, 5) is 25.4. The molecule has 1 heterocycles. The van der Waals surface area contributed by atoms with Gasteiger partial charge in [0.05, 0.1) is 13.2 Å². The number of aliphatic hydroxyl groups is 4. The van der Waals surface area contributed by atoms with E-state index in [1.54, 1.807) is 0 Å². The third-order valence-corrected chi connectivity index (χ3v) is 11.6. The molecule has 2 unspecified atom stereocenters. The Kier molecular flexibility index (Phi) is 38.6. The predicted octanol–water partition coefficient (Wildman–Crippen LogP) is 11.3. The zero-order chi connectivity index (χ0) is 43.7. The van der Waals surface area contributed by atoms with Crippen LogP contribution in [0.3, 0.4) is 0 Å². The van der Waals surface area contributed by atoms with Gasteiger partial charge in [0.2, 0.25) is 0 Å². The van der Waals surface area contributed by atoms with E-state index < -0.39 is 49.4 Å². The van der Waals surface area contributed by atoms with Crippen LogP contribution in [0.5, 0.6) is 0 Å². The third-order valence-electron chi connectivity index (χ3n) is 11.6. The minimum absolute atomic E-state index is 0.219. The first kappa shape index (κ1) is 56.2. The number of carbonyl (C=O) groups excluding carboxylic acids is 2. The quantitative estimate of drug-likeness (QED) is 0.0265. The van der Waals surface area contributed by atoms with Gasteiger partial charge in [-0.25, -0.2) is 0 Å². The van der Waals surface area contributed by atoms with E-state index in [-0.39, 0.29) is 32.0 Å². The number of ether oxygens (including phenoxy) is 4. The van der Waals surface area contributed by atoms with Crippen LogP contribution in [0.4, 0.5) is 0 Å². The van der Waals surface area contributed by atoms with E-state index in [0.717, 1.165) is 57.8 Å². The average Bonchev–Trinajstić information content (AvgIpc) is 3.25. The number of hydrogen-bond donors (Lipinski definition) is 4. The molecule has 352 valence electrons. The van der Waals surface area contributed by atoms with Gasteiger partial charge in [0, 0.05) is 12.8 Å². The molecule has 4 N–H and O–H groups in total. The summed E-state index contributed by atoms with van der Waals surface area (Å²) in [6.45, 7) is 3.42. The van der Waals surface area contributed by atoms with Crippen LogP contribution in [0, 0.1) is 0 Å². The van der Waals surface area contributed by atoms with Crippen LogP contribution < -0.4 is 0 Å². The Morgan fingerprint density at radius 2 is 0.883 bits per heavy atom. The van der Waals surface area contributed by atoms with Crippen LogP contribution in [-0.4, -0.2) is 89.0 Å². The van der Waals surface area contributed by atoms with Crippen molar-refractivity contribution in [3.8, 4) is 0 Å². The van der Waals surface area contributed by atoms with Crippen molar-refractivity contribution in [3.05, 3.63) is 24.3 Å². The van der Waals surface area contributed by atoms with E-state index in [2.05, 4.69) is 38.2 Å². The van der Waals surface area contributed by atoms with E-state index >= 15 is 0 Å². The van der Waals surface area contributed by atoms with Crippen molar-refractivity contribution in [2.45, 2.75) is 263 Å². The summed E-state index contributed by atoms with van der Waals surface area (Å²) in [7, 11) is 0. The van der Waals surface area contributed by atoms with Gasteiger partial charge in [-0.1, -0.05) is 173 Å². The van der Waals surface area contributed by atoms with Crippen LogP contribution in [-0.2, 0) is 28.5 Å². The molecule has 0 aliphatic carbocycles. The second-order valence-corrected chi connectivity index (χ2v) is 17.3. The predicted molar refractivity (Wildman–Crippen MR) is 243 cm³/mol. The average molecular weight is 853 g/mol. The van der Waals surface area contributed by atoms with Crippen molar-refractivity contribution in [1.82, 2.24) is 0 Å². The molecule has 1 fully saturated rings. The molecule has 1 rings (SSSR count). The van der Waals surface area contributed by atoms with Gasteiger partial charge < -0.3 is 39.4 Å². The molecule has 1 aliphatic rings. The lowest BCUT2D eigenvalue weighted by molar-refractivity contribution is -0.305. The Morgan fingerprint density at radius 3 is 1.30 bits per heavy atom. The lowest BCUT2D eigenvalue weighted by Gasteiger charge is -2.39. The Hall–Kier alpha value is -1.82. The van der Waals surface area contributed by atoms with Crippen molar-refractivity contribution >= 4 is 11.9 Å². The number of esters is 2. The Bertz CT molecular complexity index is 1030. The summed E-state index contributed by atoms with van der Waals surface area (Å²) >= 11 is 0. The summed E-state index contributed by atoms with van der Waals surface area (Å²) in [5.74, 6) is -0.809. The first-order chi connectivity index (χ1) is 29.3. The molecule has 1 saturated heterocycles. The topological polar surface area (TPSA) is 152 Å². The number of allylic oxidation sites excluding steroid dienone is 4. The van der Waals surface area contributed by atoms with Crippen molar-refractivity contribution in [2.75, 3.05) is 19.8 Å². The Morgan fingerprint density at radius 1 is 0.500 bits per heavy atom. The molecule has 0 aromatic heterocycles. The van der Waals surface area contributed by atoms with Crippen molar-refractivity contribution < 1.29 is 49.0 Å². The van der Waals surface area contributed by atoms with Crippen LogP contribution in [0.15, 0.2) is 24.3 Å². The van der Waals surface area contributed by atoms with Gasteiger partial charge in [-0.3, -0.25) is 9.59 Å². The lowest BCUT2D eigenvalue weighted by atomic mass is 9.99. The van der Waals surface area contributed by atoms with Gasteiger partial charge in [0.1, 0.15) is 31.0 Å². The second-order valence-electron chi connectivity index (χ2n) is 17.3. The van der Waals surface area contributed by atoms with Crippen LogP contribution in [0.2, 0.25) is 0 Å². The fourth-order valence-corrected chi connectivity index (χ4v) is 7.59. The molecule has 0 saturated carbocycles. The second kappa shape index (κ2) is 41.2. The number of rotatable bonds is 42. The molecule has 0 amide bonds. The summed E-state index contributed by atoms with van der Waals surface area (Å²) in [6.07, 6.45) is 39.0. The molecule has 1 aliphatic heterocycles. The number of unbranched alkanes of at least 4 members (excludes halogenated alkanes) is 27. The molecule has 0 bridgehead atoms. The van der Waals surface area contributed by atoms with Gasteiger partial charge in [-0.05, 0) is 64.2 Å². The standard InChI is InChI=1S/C50H92O10/c1-3-5-7-9-11-13-15-17-19-20-21-22-23-24-25-27-29-31-33-35-37-39-46(53)59-43(42-58-50-49(56)48(55)47(54)44(40-51)60-50)41-57-45(52)38-36-34-32-30-28-26-18-16-14-12-10-8-6-4-2/h16-19,43-44,47-51,54-56H,3-15,20-42H2,1-2H3/b18-16+,19-17+/t43-,44-,47+,48?,49?,50-/m1/s1. The highest BCUT2D eigenvalue weighted by Gasteiger charge is 2.44. The number of hydrogen-bond acceptors (Lipinski definition) is 10. The van der Waals surface area contributed by atoms with E-state index in [9.17, 15) is 30.0 Å². The highest BCUT2D eigenvalue weighted by Crippen LogP contribution is 2.23. The largest absolute Gasteiger partial charge is 0.462 e. The fourth-order valence-electron chi connectivity index (χ4n) is 7.59. The summed E-state index contributed by atoms with van der Waals surface area (Å²) in [6, 6.07) is 0. The normalized spacial score (nSPS) is 20.0. The number of aliphatic hydroxyl groups excluding tert-OH is 4. The third kappa shape index (κ3) is 31.9. The Balaban J connectivity index is 2.26. The van der Waals surface area contributed by atoms with Gasteiger partial charge in [-0.15, -0.1) is 0 Å².